The summed E-state index contributed by atoms with van der Waals surface area (Å²) < 4.78 is 5.31. The number of ether oxygens (including phenoxy) is 1. The SMILES string of the molecule is CC[C@H](C)[C@H](NC(=O)COc1ccc(C)cc1)C(=O)O. The van der Waals surface area contributed by atoms with E-state index in [0.717, 1.165) is 5.56 Å². The summed E-state index contributed by atoms with van der Waals surface area (Å²) in [5.74, 6) is -1.00. The number of amides is 1. The van der Waals surface area contributed by atoms with Crippen molar-refractivity contribution in [3.63, 3.8) is 0 Å². The molecule has 0 aliphatic carbocycles. The molecule has 0 aliphatic heterocycles. The number of rotatable bonds is 7. The maximum absolute atomic E-state index is 11.7. The van der Waals surface area contributed by atoms with Gasteiger partial charge in [0.1, 0.15) is 11.8 Å². The van der Waals surface area contributed by atoms with Crippen LogP contribution in [0.4, 0.5) is 0 Å². The summed E-state index contributed by atoms with van der Waals surface area (Å²) in [6, 6.07) is 6.42. The van der Waals surface area contributed by atoms with E-state index in [2.05, 4.69) is 5.32 Å². The van der Waals surface area contributed by atoms with E-state index in [9.17, 15) is 9.59 Å². The fourth-order valence-corrected chi connectivity index (χ4v) is 1.68. The Morgan fingerprint density at radius 1 is 1.30 bits per heavy atom. The highest BCUT2D eigenvalue weighted by Crippen LogP contribution is 2.11. The average molecular weight is 279 g/mol. The van der Waals surface area contributed by atoms with Gasteiger partial charge in [-0.05, 0) is 25.0 Å². The molecule has 1 aromatic carbocycles. The summed E-state index contributed by atoms with van der Waals surface area (Å²) in [5, 5.41) is 11.6. The molecular weight excluding hydrogens is 258 g/mol. The minimum atomic E-state index is -1.02. The minimum absolute atomic E-state index is 0.129. The highest BCUT2D eigenvalue weighted by atomic mass is 16.5. The van der Waals surface area contributed by atoms with Crippen molar-refractivity contribution in [2.75, 3.05) is 6.61 Å². The number of carboxylic acids is 1. The zero-order valence-corrected chi connectivity index (χ0v) is 12.1. The molecule has 0 saturated heterocycles. The van der Waals surface area contributed by atoms with E-state index in [4.69, 9.17) is 9.84 Å². The number of aliphatic carboxylic acids is 1. The number of hydrogen-bond donors (Lipinski definition) is 2. The summed E-state index contributed by atoms with van der Waals surface area (Å²) in [4.78, 5) is 22.8. The molecule has 1 rings (SSSR count). The third-order valence-corrected chi connectivity index (χ3v) is 3.19. The van der Waals surface area contributed by atoms with Gasteiger partial charge in [0.25, 0.3) is 5.91 Å². The van der Waals surface area contributed by atoms with Crippen LogP contribution in [0.3, 0.4) is 0 Å². The van der Waals surface area contributed by atoms with Crippen molar-refractivity contribution in [1.29, 1.82) is 0 Å². The highest BCUT2D eigenvalue weighted by molar-refractivity contribution is 5.84. The maximum Gasteiger partial charge on any atom is 0.326 e. The van der Waals surface area contributed by atoms with E-state index in [1.807, 2.05) is 26.0 Å². The number of carboxylic acid groups (broad SMARTS) is 1. The number of aryl methyl sites for hydroxylation is 1. The van der Waals surface area contributed by atoms with Crippen molar-refractivity contribution < 1.29 is 19.4 Å². The molecule has 0 aromatic heterocycles. The molecule has 0 bridgehead atoms. The molecule has 2 atom stereocenters. The molecule has 0 aliphatic rings. The van der Waals surface area contributed by atoms with Crippen molar-refractivity contribution in [2.45, 2.75) is 33.2 Å². The summed E-state index contributed by atoms with van der Waals surface area (Å²) in [5.41, 5.74) is 1.10. The third kappa shape index (κ3) is 4.91. The van der Waals surface area contributed by atoms with Crippen LogP contribution in [0.25, 0.3) is 0 Å². The van der Waals surface area contributed by atoms with E-state index in [-0.39, 0.29) is 12.5 Å². The molecule has 0 unspecified atom stereocenters. The molecule has 20 heavy (non-hydrogen) atoms. The van der Waals surface area contributed by atoms with Crippen LogP contribution < -0.4 is 10.1 Å². The van der Waals surface area contributed by atoms with Crippen LogP contribution in [-0.4, -0.2) is 29.6 Å². The van der Waals surface area contributed by atoms with Crippen molar-refractivity contribution in [1.82, 2.24) is 5.32 Å². The molecule has 5 nitrogen and oxygen atoms in total. The first kappa shape index (κ1) is 16.0. The van der Waals surface area contributed by atoms with E-state index in [0.29, 0.717) is 12.2 Å². The van der Waals surface area contributed by atoms with Gasteiger partial charge < -0.3 is 15.2 Å². The molecule has 1 amide bonds. The topological polar surface area (TPSA) is 75.6 Å². The summed E-state index contributed by atoms with van der Waals surface area (Å²) in [6.45, 7) is 5.44. The molecule has 0 saturated carbocycles. The fraction of sp³-hybridized carbons (Fsp3) is 0.467. The Labute approximate surface area is 118 Å². The van der Waals surface area contributed by atoms with Gasteiger partial charge in [-0.3, -0.25) is 4.79 Å². The standard InChI is InChI=1S/C15H21NO4/c1-4-11(3)14(15(18)19)16-13(17)9-20-12-7-5-10(2)6-8-12/h5-8,11,14H,4,9H2,1-3H3,(H,16,17)(H,18,19)/t11-,14-/m0/s1. The smallest absolute Gasteiger partial charge is 0.326 e. The van der Waals surface area contributed by atoms with Gasteiger partial charge in [0.05, 0.1) is 0 Å². The van der Waals surface area contributed by atoms with E-state index in [1.165, 1.54) is 0 Å². The largest absolute Gasteiger partial charge is 0.484 e. The van der Waals surface area contributed by atoms with E-state index < -0.39 is 17.9 Å². The summed E-state index contributed by atoms with van der Waals surface area (Å²) >= 11 is 0. The minimum Gasteiger partial charge on any atom is -0.484 e. The lowest BCUT2D eigenvalue weighted by Gasteiger charge is -2.20. The zero-order chi connectivity index (χ0) is 15.1. The lowest BCUT2D eigenvalue weighted by atomic mass is 9.99. The van der Waals surface area contributed by atoms with Crippen LogP contribution >= 0.6 is 0 Å². The molecule has 0 heterocycles. The van der Waals surface area contributed by atoms with Gasteiger partial charge in [-0.15, -0.1) is 0 Å². The Kier molecular flexibility index (Phi) is 6.03. The molecule has 2 N–H and O–H groups in total. The molecule has 5 heteroatoms. The van der Waals surface area contributed by atoms with Crippen molar-refractivity contribution in [3.05, 3.63) is 29.8 Å². The van der Waals surface area contributed by atoms with Crippen LogP contribution in [0.1, 0.15) is 25.8 Å². The third-order valence-electron chi connectivity index (χ3n) is 3.19. The molecule has 0 spiro atoms. The van der Waals surface area contributed by atoms with Crippen molar-refractivity contribution in [2.24, 2.45) is 5.92 Å². The van der Waals surface area contributed by atoms with Crippen molar-refractivity contribution in [3.8, 4) is 5.75 Å². The first-order chi connectivity index (χ1) is 9.43. The Balaban J connectivity index is 2.49. The van der Waals surface area contributed by atoms with Crippen LogP contribution in [0, 0.1) is 12.8 Å². The number of nitrogens with one attached hydrogen (secondary N) is 1. The van der Waals surface area contributed by atoms with Gasteiger partial charge >= 0.3 is 5.97 Å². The molecular formula is C15H21NO4. The lowest BCUT2D eigenvalue weighted by Crippen LogP contribution is -2.46. The lowest BCUT2D eigenvalue weighted by molar-refractivity contribution is -0.143. The Hall–Kier alpha value is -2.04. The van der Waals surface area contributed by atoms with Crippen LogP contribution in [0.2, 0.25) is 0 Å². The van der Waals surface area contributed by atoms with E-state index in [1.54, 1.807) is 19.1 Å². The van der Waals surface area contributed by atoms with Gasteiger partial charge in [-0.25, -0.2) is 4.79 Å². The normalized spacial score (nSPS) is 13.3. The second-order valence-corrected chi connectivity index (χ2v) is 4.87. The molecule has 0 radical (unpaired) electrons. The second-order valence-electron chi connectivity index (χ2n) is 4.87. The average Bonchev–Trinajstić information content (AvgIpc) is 2.43. The van der Waals surface area contributed by atoms with Crippen LogP contribution in [-0.2, 0) is 9.59 Å². The zero-order valence-electron chi connectivity index (χ0n) is 12.1. The first-order valence-corrected chi connectivity index (χ1v) is 6.65. The van der Waals surface area contributed by atoms with Gasteiger partial charge in [0, 0.05) is 0 Å². The molecule has 1 aromatic rings. The molecule has 0 fully saturated rings. The number of carbonyl (C=O) groups is 2. The van der Waals surface area contributed by atoms with E-state index >= 15 is 0 Å². The summed E-state index contributed by atoms with van der Waals surface area (Å²) in [7, 11) is 0. The molecule has 110 valence electrons. The van der Waals surface area contributed by atoms with Crippen LogP contribution in [0.15, 0.2) is 24.3 Å². The summed E-state index contributed by atoms with van der Waals surface area (Å²) in [6.07, 6.45) is 0.677. The number of benzene rings is 1. The van der Waals surface area contributed by atoms with Gasteiger partial charge in [0.15, 0.2) is 6.61 Å². The van der Waals surface area contributed by atoms with Gasteiger partial charge in [0.2, 0.25) is 0 Å². The number of hydrogen-bond acceptors (Lipinski definition) is 3. The second kappa shape index (κ2) is 7.53. The monoisotopic (exact) mass is 279 g/mol. The van der Waals surface area contributed by atoms with Gasteiger partial charge in [-0.1, -0.05) is 38.0 Å². The maximum atomic E-state index is 11.7. The Bertz CT molecular complexity index is 455. The van der Waals surface area contributed by atoms with Crippen LogP contribution in [0.5, 0.6) is 5.75 Å². The van der Waals surface area contributed by atoms with Gasteiger partial charge in [-0.2, -0.15) is 0 Å². The quantitative estimate of drug-likeness (QED) is 0.800. The predicted octanol–water partition coefficient (Wildman–Crippen LogP) is 1.99. The Morgan fingerprint density at radius 2 is 1.90 bits per heavy atom. The predicted molar refractivity (Wildman–Crippen MR) is 75.7 cm³/mol. The first-order valence-electron chi connectivity index (χ1n) is 6.65. The van der Waals surface area contributed by atoms with Crippen molar-refractivity contribution >= 4 is 11.9 Å². The Morgan fingerprint density at radius 3 is 2.40 bits per heavy atom. The number of carbonyl (C=O) groups excluding carboxylic acids is 1. The highest BCUT2D eigenvalue weighted by Gasteiger charge is 2.25. The fourth-order valence-electron chi connectivity index (χ4n) is 1.68.